The molecule has 1 fully saturated rings. The monoisotopic (exact) mass is 347 g/mol. The van der Waals surface area contributed by atoms with Gasteiger partial charge in [-0.25, -0.2) is 0 Å². The van der Waals surface area contributed by atoms with Crippen LogP contribution in [0.3, 0.4) is 0 Å². The van der Waals surface area contributed by atoms with E-state index < -0.39 is 6.10 Å². The van der Waals surface area contributed by atoms with Crippen LogP contribution in [-0.4, -0.2) is 37.3 Å². The molecular formula is C20H33N3O2. The van der Waals surface area contributed by atoms with E-state index in [0.717, 1.165) is 29.7 Å². The Morgan fingerprint density at radius 1 is 1.28 bits per heavy atom. The Morgan fingerprint density at radius 2 is 2.04 bits per heavy atom. The summed E-state index contributed by atoms with van der Waals surface area (Å²) in [5.41, 5.74) is 0.851. The number of benzene rings is 1. The van der Waals surface area contributed by atoms with Crippen molar-refractivity contribution in [2.45, 2.75) is 58.1 Å². The third-order valence-corrected chi connectivity index (χ3v) is 4.97. The molecule has 25 heavy (non-hydrogen) atoms. The minimum Gasteiger partial charge on any atom is -0.497 e. The smallest absolute Gasteiger partial charge is 0.191 e. The van der Waals surface area contributed by atoms with Crippen molar-refractivity contribution in [3.05, 3.63) is 29.8 Å². The van der Waals surface area contributed by atoms with Gasteiger partial charge < -0.3 is 20.5 Å². The average molecular weight is 348 g/mol. The second kappa shape index (κ2) is 10.3. The molecule has 1 aliphatic carbocycles. The van der Waals surface area contributed by atoms with Gasteiger partial charge in [-0.05, 0) is 43.4 Å². The standard InChI is InChI=1S/C20H33N3O2/c1-4-15-7-6-8-17(13-15)23-20(21-5-2)22-14-19(24)16-9-11-18(25-3)12-10-16/h9-12,15,17,19,24H,4-8,13-14H2,1-3H3,(H2,21,22,23). The molecule has 1 aliphatic rings. The molecule has 5 nitrogen and oxygen atoms in total. The minimum absolute atomic E-state index is 0.339. The van der Waals surface area contributed by atoms with Crippen LogP contribution in [0.4, 0.5) is 0 Å². The molecule has 3 unspecified atom stereocenters. The summed E-state index contributed by atoms with van der Waals surface area (Å²) in [6.07, 6.45) is 5.67. The van der Waals surface area contributed by atoms with E-state index in [1.54, 1.807) is 7.11 Å². The van der Waals surface area contributed by atoms with Crippen molar-refractivity contribution in [1.82, 2.24) is 10.6 Å². The summed E-state index contributed by atoms with van der Waals surface area (Å²) in [6, 6.07) is 7.96. The summed E-state index contributed by atoms with van der Waals surface area (Å²) in [6.45, 7) is 5.49. The van der Waals surface area contributed by atoms with Gasteiger partial charge in [0.1, 0.15) is 5.75 Å². The van der Waals surface area contributed by atoms with E-state index in [4.69, 9.17) is 4.74 Å². The number of methoxy groups -OCH3 is 1. The van der Waals surface area contributed by atoms with Crippen molar-refractivity contribution in [2.75, 3.05) is 20.2 Å². The third kappa shape index (κ3) is 6.24. The summed E-state index contributed by atoms with van der Waals surface area (Å²) >= 11 is 0. The van der Waals surface area contributed by atoms with Gasteiger partial charge in [0.25, 0.3) is 0 Å². The zero-order chi connectivity index (χ0) is 18.1. The number of rotatable bonds is 7. The zero-order valence-electron chi connectivity index (χ0n) is 15.8. The molecule has 0 heterocycles. The highest BCUT2D eigenvalue weighted by Gasteiger charge is 2.21. The summed E-state index contributed by atoms with van der Waals surface area (Å²) in [4.78, 5) is 4.59. The second-order valence-corrected chi connectivity index (χ2v) is 6.79. The Balaban J connectivity index is 1.93. The first-order valence-corrected chi connectivity index (χ1v) is 9.53. The normalized spacial score (nSPS) is 22.3. The first-order chi connectivity index (χ1) is 12.2. The van der Waals surface area contributed by atoms with Crippen LogP contribution in [0.2, 0.25) is 0 Å². The number of hydrogen-bond donors (Lipinski definition) is 3. The van der Waals surface area contributed by atoms with Crippen molar-refractivity contribution >= 4 is 5.96 Å². The van der Waals surface area contributed by atoms with Gasteiger partial charge in [0, 0.05) is 12.6 Å². The molecule has 3 N–H and O–H groups in total. The minimum atomic E-state index is -0.615. The van der Waals surface area contributed by atoms with Crippen LogP contribution in [0.1, 0.15) is 57.6 Å². The highest BCUT2D eigenvalue weighted by molar-refractivity contribution is 5.80. The Kier molecular flexibility index (Phi) is 8.06. The maximum absolute atomic E-state index is 10.4. The molecule has 0 radical (unpaired) electrons. The van der Waals surface area contributed by atoms with Crippen LogP contribution in [0.15, 0.2) is 29.3 Å². The molecule has 0 aliphatic heterocycles. The lowest BCUT2D eigenvalue weighted by Crippen LogP contribution is -2.45. The largest absolute Gasteiger partial charge is 0.497 e. The fourth-order valence-electron chi connectivity index (χ4n) is 3.42. The van der Waals surface area contributed by atoms with E-state index in [2.05, 4.69) is 29.5 Å². The predicted molar refractivity (Wildman–Crippen MR) is 103 cm³/mol. The molecule has 0 amide bonds. The fraction of sp³-hybridized carbons (Fsp3) is 0.650. The molecule has 1 saturated carbocycles. The molecule has 1 aromatic rings. The average Bonchev–Trinajstić information content (AvgIpc) is 2.66. The lowest BCUT2D eigenvalue weighted by Gasteiger charge is -2.30. The molecule has 0 aromatic heterocycles. The maximum Gasteiger partial charge on any atom is 0.191 e. The van der Waals surface area contributed by atoms with Crippen LogP contribution < -0.4 is 15.4 Å². The van der Waals surface area contributed by atoms with Gasteiger partial charge in [0.15, 0.2) is 5.96 Å². The topological polar surface area (TPSA) is 65.9 Å². The van der Waals surface area contributed by atoms with Crippen LogP contribution in [0, 0.1) is 5.92 Å². The van der Waals surface area contributed by atoms with E-state index in [-0.39, 0.29) is 0 Å². The second-order valence-electron chi connectivity index (χ2n) is 6.79. The molecule has 0 spiro atoms. The maximum atomic E-state index is 10.4. The van der Waals surface area contributed by atoms with Crippen molar-refractivity contribution in [3.8, 4) is 5.75 Å². The number of aliphatic hydroxyl groups excluding tert-OH is 1. The van der Waals surface area contributed by atoms with Gasteiger partial charge in [0.2, 0.25) is 0 Å². The highest BCUT2D eigenvalue weighted by Crippen LogP contribution is 2.26. The number of hydrogen-bond acceptors (Lipinski definition) is 3. The summed E-state index contributed by atoms with van der Waals surface area (Å²) in [7, 11) is 1.64. The van der Waals surface area contributed by atoms with Gasteiger partial charge in [-0.15, -0.1) is 0 Å². The summed E-state index contributed by atoms with van der Waals surface area (Å²) in [5, 5.41) is 17.2. The van der Waals surface area contributed by atoms with E-state index in [0.29, 0.717) is 12.6 Å². The molecule has 140 valence electrons. The van der Waals surface area contributed by atoms with E-state index in [9.17, 15) is 5.11 Å². The van der Waals surface area contributed by atoms with Gasteiger partial charge in [-0.3, -0.25) is 4.99 Å². The Morgan fingerprint density at radius 3 is 2.68 bits per heavy atom. The van der Waals surface area contributed by atoms with Gasteiger partial charge >= 0.3 is 0 Å². The predicted octanol–water partition coefficient (Wildman–Crippen LogP) is 3.25. The molecule has 0 bridgehead atoms. The summed E-state index contributed by atoms with van der Waals surface area (Å²) in [5.74, 6) is 2.41. The zero-order valence-corrected chi connectivity index (χ0v) is 15.8. The number of ether oxygens (including phenoxy) is 1. The number of aliphatic imine (C=N–C) groups is 1. The van der Waals surface area contributed by atoms with Crippen LogP contribution >= 0.6 is 0 Å². The van der Waals surface area contributed by atoms with Crippen LogP contribution in [0.5, 0.6) is 5.75 Å². The van der Waals surface area contributed by atoms with E-state index >= 15 is 0 Å². The fourth-order valence-corrected chi connectivity index (χ4v) is 3.42. The quantitative estimate of drug-likeness (QED) is 0.523. The molecule has 3 atom stereocenters. The molecular weight excluding hydrogens is 314 g/mol. The van der Waals surface area contributed by atoms with Crippen molar-refractivity contribution in [2.24, 2.45) is 10.9 Å². The highest BCUT2D eigenvalue weighted by atomic mass is 16.5. The number of nitrogens with one attached hydrogen (secondary N) is 2. The summed E-state index contributed by atoms with van der Waals surface area (Å²) < 4.78 is 5.15. The lowest BCUT2D eigenvalue weighted by molar-refractivity contribution is 0.187. The Hall–Kier alpha value is -1.75. The lowest BCUT2D eigenvalue weighted by atomic mass is 9.84. The van der Waals surface area contributed by atoms with E-state index in [1.807, 2.05) is 24.3 Å². The molecule has 2 rings (SSSR count). The van der Waals surface area contributed by atoms with Gasteiger partial charge in [-0.1, -0.05) is 38.3 Å². The van der Waals surface area contributed by atoms with Crippen molar-refractivity contribution in [1.29, 1.82) is 0 Å². The molecule has 5 heteroatoms. The van der Waals surface area contributed by atoms with Crippen LogP contribution in [0.25, 0.3) is 0 Å². The first kappa shape index (κ1) is 19.6. The van der Waals surface area contributed by atoms with Gasteiger partial charge in [0.05, 0.1) is 19.8 Å². The molecule has 0 saturated heterocycles. The van der Waals surface area contributed by atoms with Gasteiger partial charge in [-0.2, -0.15) is 0 Å². The first-order valence-electron chi connectivity index (χ1n) is 9.53. The van der Waals surface area contributed by atoms with E-state index in [1.165, 1.54) is 32.1 Å². The Labute approximate surface area is 151 Å². The van der Waals surface area contributed by atoms with Crippen molar-refractivity contribution < 1.29 is 9.84 Å². The third-order valence-electron chi connectivity index (χ3n) is 4.97. The van der Waals surface area contributed by atoms with Crippen LogP contribution in [-0.2, 0) is 0 Å². The Bertz CT molecular complexity index is 530. The SMILES string of the molecule is CCNC(=NCC(O)c1ccc(OC)cc1)NC1CCCC(CC)C1. The number of guanidine groups is 1. The number of aliphatic hydroxyl groups is 1. The number of nitrogens with zero attached hydrogens (tertiary/aromatic N) is 1. The van der Waals surface area contributed by atoms with Crippen molar-refractivity contribution in [3.63, 3.8) is 0 Å². The molecule has 1 aromatic carbocycles.